The van der Waals surface area contributed by atoms with Crippen molar-refractivity contribution in [2.24, 2.45) is 0 Å². The Balaban J connectivity index is 1.49. The first kappa shape index (κ1) is 25.7. The van der Waals surface area contributed by atoms with E-state index in [0.29, 0.717) is 45.5 Å². The van der Waals surface area contributed by atoms with Crippen LogP contribution in [0.4, 0.5) is 15.9 Å². The maximum atomic E-state index is 14.7. The molecule has 1 atom stereocenters. The van der Waals surface area contributed by atoms with Crippen LogP contribution < -0.4 is 10.1 Å². The maximum Gasteiger partial charge on any atom is 0.249 e. The van der Waals surface area contributed by atoms with Gasteiger partial charge in [0.15, 0.2) is 5.65 Å². The lowest BCUT2D eigenvalue weighted by molar-refractivity contribution is 0.411. The van der Waals surface area contributed by atoms with Gasteiger partial charge in [-0.15, -0.1) is 0 Å². The lowest BCUT2D eigenvalue weighted by Crippen LogP contribution is -2.40. The molecule has 5 aromatic rings. The summed E-state index contributed by atoms with van der Waals surface area (Å²) in [6, 6.07) is 13.7. The molecule has 1 unspecified atom stereocenters. The first-order chi connectivity index (χ1) is 19.2. The third-order valence-corrected chi connectivity index (χ3v) is 9.98. The number of rotatable bonds is 6. The third-order valence-electron chi connectivity index (χ3n) is 7.56. The molecule has 10 heteroatoms. The summed E-state index contributed by atoms with van der Waals surface area (Å²) in [7, 11) is -2.41. The number of hydrogen-bond donors (Lipinski definition) is 1. The number of nitrogens with zero attached hydrogens (tertiary/aromatic N) is 4. The number of nitrogens with one attached hydrogen (secondary N) is 1. The monoisotopic (exact) mass is 555 g/mol. The van der Waals surface area contributed by atoms with Gasteiger partial charge in [-0.1, -0.05) is 29.9 Å². The normalized spacial score (nSPS) is 17.2. The number of benzene rings is 2. The average molecular weight is 556 g/mol. The second kappa shape index (κ2) is 9.56. The van der Waals surface area contributed by atoms with E-state index in [1.807, 2.05) is 49.4 Å². The van der Waals surface area contributed by atoms with Gasteiger partial charge in [-0.3, -0.25) is 0 Å². The van der Waals surface area contributed by atoms with Gasteiger partial charge in [0.25, 0.3) is 0 Å². The number of pyridine rings is 1. The zero-order chi connectivity index (χ0) is 28.1. The summed E-state index contributed by atoms with van der Waals surface area (Å²) in [5.41, 5.74) is 3.43. The Labute approximate surface area is 230 Å². The van der Waals surface area contributed by atoms with Crippen LogP contribution in [0, 0.1) is 5.82 Å². The zero-order valence-corrected chi connectivity index (χ0v) is 22.9. The van der Waals surface area contributed by atoms with Crippen molar-refractivity contribution in [1.82, 2.24) is 18.9 Å². The fraction of sp³-hybridized carbons (Fsp3) is 0.167. The third kappa shape index (κ3) is 4.03. The van der Waals surface area contributed by atoms with Crippen molar-refractivity contribution in [2.75, 3.05) is 12.4 Å². The van der Waals surface area contributed by atoms with Crippen molar-refractivity contribution in [3.05, 3.63) is 96.9 Å². The Morgan fingerprint density at radius 2 is 1.93 bits per heavy atom. The van der Waals surface area contributed by atoms with Crippen LogP contribution in [0.2, 0.25) is 0 Å². The van der Waals surface area contributed by atoms with E-state index < -0.39 is 20.6 Å². The average Bonchev–Trinajstić information content (AvgIpc) is 3.36. The van der Waals surface area contributed by atoms with Crippen LogP contribution >= 0.6 is 0 Å². The van der Waals surface area contributed by atoms with Gasteiger partial charge in [-0.05, 0) is 62.2 Å². The van der Waals surface area contributed by atoms with E-state index in [9.17, 15) is 12.8 Å². The first-order valence-corrected chi connectivity index (χ1v) is 14.1. The van der Waals surface area contributed by atoms with Gasteiger partial charge < -0.3 is 10.1 Å². The molecule has 0 amide bonds. The first-order valence-electron chi connectivity index (χ1n) is 12.6. The van der Waals surface area contributed by atoms with Gasteiger partial charge in [-0.2, -0.15) is 0 Å². The molecule has 202 valence electrons. The van der Waals surface area contributed by atoms with E-state index >= 15 is 0 Å². The number of allylic oxidation sites excluding steroid dienone is 3. The van der Waals surface area contributed by atoms with Crippen LogP contribution in [0.3, 0.4) is 0 Å². The van der Waals surface area contributed by atoms with Crippen LogP contribution in [0.5, 0.6) is 5.75 Å². The fourth-order valence-electron chi connectivity index (χ4n) is 4.99. The van der Waals surface area contributed by atoms with Crippen LogP contribution in [-0.4, -0.2) is 39.2 Å². The Bertz CT molecular complexity index is 1970. The predicted octanol–water partition coefficient (Wildman–Crippen LogP) is 6.38. The molecule has 3 aromatic heterocycles. The van der Waals surface area contributed by atoms with Crippen LogP contribution in [-0.2, 0) is 10.0 Å². The van der Waals surface area contributed by atoms with Crippen molar-refractivity contribution in [1.29, 1.82) is 0 Å². The number of ether oxygens (including phenoxy) is 1. The molecule has 1 N–H and O–H groups in total. The summed E-state index contributed by atoms with van der Waals surface area (Å²) >= 11 is 0. The number of methoxy groups -OCH3 is 1. The molecule has 0 bridgehead atoms. The number of halogens is 1. The minimum atomic E-state index is -3.88. The number of fused-ring (bicyclic) bond motifs is 2. The molecule has 1 aliphatic rings. The molecule has 0 spiro atoms. The number of aromatic nitrogens is 4. The molecule has 1 aliphatic carbocycles. The molecule has 0 aliphatic heterocycles. The minimum absolute atomic E-state index is 0.233. The Morgan fingerprint density at radius 1 is 1.07 bits per heavy atom. The number of anilines is 2. The molecule has 3 heterocycles. The van der Waals surface area contributed by atoms with Crippen molar-refractivity contribution < 1.29 is 17.5 Å². The summed E-state index contributed by atoms with van der Waals surface area (Å²) in [6.07, 6.45) is 10.6. The molecular formula is C30H26FN5O3S. The van der Waals surface area contributed by atoms with E-state index in [1.165, 1.54) is 23.5 Å². The van der Waals surface area contributed by atoms with Crippen LogP contribution in [0.25, 0.3) is 33.1 Å². The Morgan fingerprint density at radius 3 is 2.70 bits per heavy atom. The van der Waals surface area contributed by atoms with Gasteiger partial charge >= 0.3 is 0 Å². The van der Waals surface area contributed by atoms with E-state index in [1.54, 1.807) is 37.5 Å². The van der Waals surface area contributed by atoms with E-state index in [-0.39, 0.29) is 5.69 Å². The molecule has 40 heavy (non-hydrogen) atoms. The van der Waals surface area contributed by atoms with Gasteiger partial charge in [0.1, 0.15) is 28.5 Å². The molecular weight excluding hydrogens is 529 g/mol. The predicted molar refractivity (Wildman–Crippen MR) is 155 cm³/mol. The quantitative estimate of drug-likeness (QED) is 0.260. The largest absolute Gasteiger partial charge is 0.497 e. The highest BCUT2D eigenvalue weighted by Crippen LogP contribution is 2.39. The lowest BCUT2D eigenvalue weighted by atomic mass is 9.94. The molecule has 6 rings (SSSR count). The van der Waals surface area contributed by atoms with Crippen molar-refractivity contribution in [3.63, 3.8) is 0 Å². The molecule has 0 radical (unpaired) electrons. The summed E-state index contributed by atoms with van der Waals surface area (Å²) in [5, 5.41) is 4.39. The lowest BCUT2D eigenvalue weighted by Gasteiger charge is -2.31. The zero-order valence-electron chi connectivity index (χ0n) is 22.1. The molecule has 0 saturated heterocycles. The highest BCUT2D eigenvalue weighted by Gasteiger charge is 2.43. The second-order valence-electron chi connectivity index (χ2n) is 9.86. The summed E-state index contributed by atoms with van der Waals surface area (Å²) < 4.78 is 48.2. The van der Waals surface area contributed by atoms with Crippen molar-refractivity contribution >= 4 is 43.5 Å². The Hall–Kier alpha value is -4.57. The topological polar surface area (TPSA) is 99.0 Å². The van der Waals surface area contributed by atoms with Gasteiger partial charge in [0, 0.05) is 34.8 Å². The van der Waals surface area contributed by atoms with Crippen LogP contribution in [0.15, 0.2) is 91.1 Å². The van der Waals surface area contributed by atoms with E-state index in [4.69, 9.17) is 4.74 Å². The van der Waals surface area contributed by atoms with Gasteiger partial charge in [0.05, 0.1) is 18.3 Å². The van der Waals surface area contributed by atoms with Gasteiger partial charge in [-0.25, -0.2) is 31.7 Å². The standard InChI is InChI=1S/C30H26FN5O3S/c1-19-7-4-5-13-30(19,2)40(37,38)36-17-24(22-8-6-14-32-29(22)36)20-9-11-26-23(15-20)28(34-18-33-26)35-27-12-10-21(39-3)16-25(27)31/h4-12,14-18H,13H2,1-3H3,(H,33,34,35). The second-order valence-corrected chi connectivity index (χ2v) is 12.1. The SMILES string of the molecule is COc1ccc(Nc2ncnc3ccc(-c4cn(S(=O)(=O)C5(C)CC=CC=C5C)c5ncccc45)cc23)c(F)c1. The van der Waals surface area contributed by atoms with E-state index in [0.717, 1.165) is 11.1 Å². The molecule has 0 fully saturated rings. The van der Waals surface area contributed by atoms with E-state index in [2.05, 4.69) is 20.3 Å². The minimum Gasteiger partial charge on any atom is -0.497 e. The summed E-state index contributed by atoms with van der Waals surface area (Å²) in [6.45, 7) is 3.58. The number of hydrogen-bond acceptors (Lipinski definition) is 7. The Kier molecular flexibility index (Phi) is 6.14. The fourth-order valence-corrected chi connectivity index (χ4v) is 6.82. The highest BCUT2D eigenvalue weighted by molar-refractivity contribution is 7.91. The molecule has 2 aromatic carbocycles. The van der Waals surface area contributed by atoms with Crippen molar-refractivity contribution in [2.45, 2.75) is 25.0 Å². The smallest absolute Gasteiger partial charge is 0.249 e. The summed E-state index contributed by atoms with van der Waals surface area (Å²) in [4.78, 5) is 13.2. The van der Waals surface area contributed by atoms with Crippen molar-refractivity contribution in [3.8, 4) is 16.9 Å². The van der Waals surface area contributed by atoms with Crippen LogP contribution in [0.1, 0.15) is 20.3 Å². The molecule has 8 nitrogen and oxygen atoms in total. The molecule has 0 saturated carbocycles. The highest BCUT2D eigenvalue weighted by atomic mass is 32.2. The summed E-state index contributed by atoms with van der Waals surface area (Å²) in [5.74, 6) is 0.325. The maximum absolute atomic E-state index is 14.7. The van der Waals surface area contributed by atoms with Gasteiger partial charge in [0.2, 0.25) is 10.0 Å².